The molecule has 0 aliphatic rings. The standard InChI is InChI=1S/C12H18N3/c1-6-15-10(4)14(5)12-8(2)9(3)13-7-11(12)15/h7H,6H2,1-5H3/q+1. The summed E-state index contributed by atoms with van der Waals surface area (Å²) in [6, 6.07) is 0. The third kappa shape index (κ3) is 1.26. The molecule has 80 valence electrons. The molecular weight excluding hydrogens is 186 g/mol. The van der Waals surface area contributed by atoms with Crippen LogP contribution in [-0.4, -0.2) is 9.55 Å². The second-order valence-electron chi connectivity index (χ2n) is 4.05. The quantitative estimate of drug-likeness (QED) is 0.649. The van der Waals surface area contributed by atoms with Crippen molar-refractivity contribution in [2.24, 2.45) is 7.05 Å². The fraction of sp³-hybridized carbons (Fsp3) is 0.500. The van der Waals surface area contributed by atoms with Gasteiger partial charge >= 0.3 is 0 Å². The summed E-state index contributed by atoms with van der Waals surface area (Å²) < 4.78 is 4.55. The van der Waals surface area contributed by atoms with E-state index in [1.54, 1.807) is 0 Å². The molecule has 0 saturated heterocycles. The molecule has 0 N–H and O–H groups in total. The first-order valence-corrected chi connectivity index (χ1v) is 5.39. The van der Waals surface area contributed by atoms with Gasteiger partial charge in [-0.2, -0.15) is 0 Å². The highest BCUT2D eigenvalue weighted by molar-refractivity contribution is 5.75. The van der Waals surface area contributed by atoms with Crippen LogP contribution in [0, 0.1) is 20.8 Å². The molecule has 0 aliphatic heterocycles. The van der Waals surface area contributed by atoms with Gasteiger partial charge in [-0.25, -0.2) is 9.13 Å². The number of hydrogen-bond donors (Lipinski definition) is 0. The molecule has 0 aromatic carbocycles. The van der Waals surface area contributed by atoms with Gasteiger partial charge in [-0.15, -0.1) is 0 Å². The minimum atomic E-state index is 0.993. The number of fused-ring (bicyclic) bond motifs is 1. The van der Waals surface area contributed by atoms with Crippen molar-refractivity contribution in [3.63, 3.8) is 0 Å². The molecular formula is C12H18N3+. The molecule has 0 fully saturated rings. The van der Waals surface area contributed by atoms with Gasteiger partial charge in [0.15, 0.2) is 11.0 Å². The number of aromatic nitrogens is 3. The van der Waals surface area contributed by atoms with E-state index in [2.05, 4.69) is 48.9 Å². The smallest absolute Gasteiger partial charge is 0.254 e. The van der Waals surface area contributed by atoms with Gasteiger partial charge in [0.1, 0.15) is 0 Å². The van der Waals surface area contributed by atoms with Crippen LogP contribution in [0.3, 0.4) is 0 Å². The van der Waals surface area contributed by atoms with E-state index in [-0.39, 0.29) is 0 Å². The highest BCUT2D eigenvalue weighted by Crippen LogP contribution is 2.18. The molecule has 0 aliphatic carbocycles. The molecule has 2 aromatic heterocycles. The number of pyridine rings is 1. The predicted octanol–water partition coefficient (Wildman–Crippen LogP) is 1.81. The normalized spacial score (nSPS) is 11.3. The molecule has 2 heterocycles. The van der Waals surface area contributed by atoms with Crippen molar-refractivity contribution in [2.45, 2.75) is 34.2 Å². The number of aryl methyl sites for hydroxylation is 4. The number of hydrogen-bond acceptors (Lipinski definition) is 1. The summed E-state index contributed by atoms with van der Waals surface area (Å²) in [4.78, 5) is 4.44. The minimum absolute atomic E-state index is 0.993. The van der Waals surface area contributed by atoms with Crippen LogP contribution in [0.25, 0.3) is 11.0 Å². The van der Waals surface area contributed by atoms with Crippen LogP contribution in [0.4, 0.5) is 0 Å². The first kappa shape index (κ1) is 10.1. The van der Waals surface area contributed by atoms with Crippen molar-refractivity contribution >= 4 is 11.0 Å². The zero-order valence-corrected chi connectivity index (χ0v) is 10.1. The molecule has 0 atom stereocenters. The lowest BCUT2D eigenvalue weighted by atomic mass is 10.2. The number of rotatable bonds is 1. The summed E-state index contributed by atoms with van der Waals surface area (Å²) in [5.41, 5.74) is 4.94. The van der Waals surface area contributed by atoms with Crippen molar-refractivity contribution in [2.75, 3.05) is 0 Å². The van der Waals surface area contributed by atoms with Gasteiger partial charge in [-0.1, -0.05) is 0 Å². The summed E-state index contributed by atoms with van der Waals surface area (Å²) >= 11 is 0. The maximum absolute atomic E-state index is 4.44. The first-order chi connectivity index (χ1) is 7.07. The van der Waals surface area contributed by atoms with E-state index in [9.17, 15) is 0 Å². The monoisotopic (exact) mass is 204 g/mol. The topological polar surface area (TPSA) is 21.7 Å². The molecule has 2 rings (SSSR count). The summed E-state index contributed by atoms with van der Waals surface area (Å²) in [5, 5.41) is 0. The van der Waals surface area contributed by atoms with E-state index >= 15 is 0 Å². The van der Waals surface area contributed by atoms with Crippen LogP contribution in [0.5, 0.6) is 0 Å². The molecule has 0 radical (unpaired) electrons. The Balaban J connectivity index is 2.97. The van der Waals surface area contributed by atoms with Gasteiger partial charge in [0.05, 0.1) is 19.8 Å². The number of imidazole rings is 1. The van der Waals surface area contributed by atoms with Gasteiger partial charge < -0.3 is 0 Å². The molecule has 3 heteroatoms. The molecule has 2 aromatic rings. The predicted molar refractivity (Wildman–Crippen MR) is 60.8 cm³/mol. The molecule has 3 nitrogen and oxygen atoms in total. The van der Waals surface area contributed by atoms with Crippen molar-refractivity contribution in [1.29, 1.82) is 0 Å². The average molecular weight is 204 g/mol. The summed E-state index contributed by atoms with van der Waals surface area (Å²) in [6.07, 6.45) is 1.98. The summed E-state index contributed by atoms with van der Waals surface area (Å²) in [6.45, 7) is 9.52. The van der Waals surface area contributed by atoms with Crippen LogP contribution in [0.2, 0.25) is 0 Å². The largest absolute Gasteiger partial charge is 0.257 e. The SMILES string of the molecule is CCn1c(C)[n+](C)c2c(C)c(C)ncc21. The van der Waals surface area contributed by atoms with Gasteiger partial charge in [-0.3, -0.25) is 4.98 Å². The molecule has 0 unspecified atom stereocenters. The van der Waals surface area contributed by atoms with Crippen LogP contribution >= 0.6 is 0 Å². The maximum atomic E-state index is 4.44. The van der Waals surface area contributed by atoms with E-state index in [4.69, 9.17) is 0 Å². The van der Waals surface area contributed by atoms with Crippen molar-refractivity contribution in [1.82, 2.24) is 9.55 Å². The lowest BCUT2D eigenvalue weighted by Crippen LogP contribution is -2.31. The van der Waals surface area contributed by atoms with Crippen LogP contribution in [0.1, 0.15) is 24.0 Å². The lowest BCUT2D eigenvalue weighted by Gasteiger charge is -1.98. The molecule has 0 amide bonds. The third-order valence-electron chi connectivity index (χ3n) is 3.34. The second kappa shape index (κ2) is 3.33. The van der Waals surface area contributed by atoms with Crippen molar-refractivity contribution in [3.05, 3.63) is 23.3 Å². The molecule has 0 saturated carbocycles. The Kier molecular flexibility index (Phi) is 2.25. The zero-order valence-electron chi connectivity index (χ0n) is 10.1. The Morgan fingerprint density at radius 3 is 2.60 bits per heavy atom. The fourth-order valence-corrected chi connectivity index (χ4v) is 2.22. The van der Waals surface area contributed by atoms with E-state index in [1.165, 1.54) is 22.4 Å². The maximum Gasteiger partial charge on any atom is 0.254 e. The Morgan fingerprint density at radius 1 is 1.33 bits per heavy atom. The Bertz CT molecular complexity index is 523. The van der Waals surface area contributed by atoms with E-state index < -0.39 is 0 Å². The zero-order chi connectivity index (χ0) is 11.2. The third-order valence-corrected chi connectivity index (χ3v) is 3.34. The van der Waals surface area contributed by atoms with Crippen LogP contribution in [0.15, 0.2) is 6.20 Å². The van der Waals surface area contributed by atoms with Gasteiger partial charge in [0, 0.05) is 18.2 Å². The summed E-state index contributed by atoms with van der Waals surface area (Å²) in [5.74, 6) is 1.28. The number of nitrogens with zero attached hydrogens (tertiary/aromatic N) is 3. The highest BCUT2D eigenvalue weighted by Gasteiger charge is 2.20. The van der Waals surface area contributed by atoms with Crippen LogP contribution in [-0.2, 0) is 13.6 Å². The highest BCUT2D eigenvalue weighted by atomic mass is 15.2. The fourth-order valence-electron chi connectivity index (χ4n) is 2.22. The minimum Gasteiger partial charge on any atom is -0.257 e. The van der Waals surface area contributed by atoms with E-state index in [0.717, 1.165) is 12.2 Å². The van der Waals surface area contributed by atoms with E-state index in [1.807, 2.05) is 6.20 Å². The van der Waals surface area contributed by atoms with Crippen LogP contribution < -0.4 is 4.57 Å². The average Bonchev–Trinajstić information content (AvgIpc) is 2.46. The lowest BCUT2D eigenvalue weighted by molar-refractivity contribution is -0.652. The summed E-state index contributed by atoms with van der Waals surface area (Å²) in [7, 11) is 2.12. The molecule has 15 heavy (non-hydrogen) atoms. The first-order valence-electron chi connectivity index (χ1n) is 5.39. The molecule has 0 spiro atoms. The Hall–Kier alpha value is -1.38. The van der Waals surface area contributed by atoms with Gasteiger partial charge in [0.2, 0.25) is 0 Å². The van der Waals surface area contributed by atoms with E-state index in [0.29, 0.717) is 0 Å². The van der Waals surface area contributed by atoms with Crippen molar-refractivity contribution < 1.29 is 4.57 Å². The van der Waals surface area contributed by atoms with Gasteiger partial charge in [-0.05, 0) is 20.8 Å². The Labute approximate surface area is 90.4 Å². The Morgan fingerprint density at radius 2 is 2.00 bits per heavy atom. The van der Waals surface area contributed by atoms with Crippen molar-refractivity contribution in [3.8, 4) is 0 Å². The van der Waals surface area contributed by atoms with Gasteiger partial charge in [0.25, 0.3) is 5.82 Å². The second-order valence-corrected chi connectivity index (χ2v) is 4.05. The molecule has 0 bridgehead atoms.